The Bertz CT molecular complexity index is 1340. The van der Waals surface area contributed by atoms with E-state index in [1.165, 1.54) is 24.1 Å². The Morgan fingerprint density at radius 1 is 1.10 bits per heavy atom. The van der Waals surface area contributed by atoms with Crippen molar-refractivity contribution in [2.45, 2.75) is 84.9 Å². The number of likely N-dealkylation sites (N-methyl/N-ethyl adjacent to an activating group) is 1. The number of hydrogen-bond acceptors (Lipinski definition) is 6. The van der Waals surface area contributed by atoms with Crippen molar-refractivity contribution in [2.24, 2.45) is 0 Å². The molecule has 9 nitrogen and oxygen atoms in total. The number of carboxylic acid groups (broad SMARTS) is 1. The maximum Gasteiger partial charge on any atom is 0.573 e. The molecule has 2 amide bonds. The van der Waals surface area contributed by atoms with E-state index in [1.54, 1.807) is 39.0 Å². The predicted octanol–water partition coefficient (Wildman–Crippen LogP) is 6.20. The molecule has 1 heterocycles. The van der Waals surface area contributed by atoms with Crippen molar-refractivity contribution >= 4 is 23.7 Å². The third kappa shape index (κ3) is 8.07. The molecule has 1 N–H and O–H groups in total. The maximum atomic E-state index is 13.2. The number of hydrogen-bond donors (Lipinski definition) is 1. The fourth-order valence-electron chi connectivity index (χ4n) is 4.77. The van der Waals surface area contributed by atoms with Crippen molar-refractivity contribution in [2.75, 3.05) is 18.5 Å². The highest BCUT2D eigenvalue weighted by molar-refractivity contribution is 5.98. The first-order valence-corrected chi connectivity index (χ1v) is 13.5. The number of fused-ring (bicyclic) bond motifs is 1. The number of amides is 2. The number of carbonyl (C=O) groups is 3. The topological polar surface area (TPSA) is 106 Å². The molecule has 2 aromatic carbocycles. The normalized spacial score (nSPS) is 13.9. The number of alkyl halides is 3. The van der Waals surface area contributed by atoms with Gasteiger partial charge in [0.2, 0.25) is 5.91 Å². The number of ether oxygens (including phenoxy) is 3. The van der Waals surface area contributed by atoms with Crippen LogP contribution in [0.15, 0.2) is 30.3 Å². The lowest BCUT2D eigenvalue weighted by atomic mass is 9.97. The van der Waals surface area contributed by atoms with E-state index in [0.717, 1.165) is 16.0 Å². The largest absolute Gasteiger partial charge is 0.573 e. The van der Waals surface area contributed by atoms with Crippen LogP contribution in [0.2, 0.25) is 0 Å². The van der Waals surface area contributed by atoms with Crippen LogP contribution in [0.1, 0.15) is 69.2 Å². The fourth-order valence-corrected chi connectivity index (χ4v) is 4.77. The number of benzene rings is 2. The van der Waals surface area contributed by atoms with Gasteiger partial charge in [0.15, 0.2) is 0 Å². The zero-order chi connectivity index (χ0) is 31.6. The Labute approximate surface area is 243 Å². The van der Waals surface area contributed by atoms with Crippen LogP contribution in [-0.4, -0.2) is 59.6 Å². The first kappa shape index (κ1) is 32.6. The number of rotatable bonds is 9. The summed E-state index contributed by atoms with van der Waals surface area (Å²) in [5.74, 6) is -1.59. The highest BCUT2D eigenvalue weighted by Gasteiger charge is 2.36. The van der Waals surface area contributed by atoms with E-state index >= 15 is 0 Å². The summed E-state index contributed by atoms with van der Waals surface area (Å²) in [5, 5.41) is 9.74. The van der Waals surface area contributed by atoms with Crippen LogP contribution in [0.3, 0.4) is 0 Å². The highest BCUT2D eigenvalue weighted by atomic mass is 19.4. The summed E-state index contributed by atoms with van der Waals surface area (Å²) in [6.45, 7) is 11.0. The van der Waals surface area contributed by atoms with Gasteiger partial charge >= 0.3 is 18.4 Å². The Morgan fingerprint density at radius 3 is 2.33 bits per heavy atom. The molecule has 0 aromatic heterocycles. The summed E-state index contributed by atoms with van der Waals surface area (Å²) < 4.78 is 53.4. The fraction of sp³-hybridized carbons (Fsp3) is 0.500. The Kier molecular flexibility index (Phi) is 9.69. The molecule has 0 aliphatic carbocycles. The van der Waals surface area contributed by atoms with Gasteiger partial charge in [-0.1, -0.05) is 19.9 Å². The molecule has 0 unspecified atom stereocenters. The maximum absolute atomic E-state index is 13.2. The molecule has 1 aliphatic rings. The molecule has 1 aliphatic heterocycles. The lowest BCUT2D eigenvalue weighted by Crippen LogP contribution is -2.47. The SMILES string of the molecule is Cc1c(OCc2ccc(OC(F)(F)F)cc2C(C)C)ccc2c1CCN2C(=O)C[C@H](C(=O)O)N(C)C(=O)OC(C)(C)C. The zero-order valence-corrected chi connectivity index (χ0v) is 24.8. The number of nitrogens with zero attached hydrogens (tertiary/aromatic N) is 2. The monoisotopic (exact) mass is 594 g/mol. The first-order chi connectivity index (χ1) is 19.4. The van der Waals surface area contributed by atoms with E-state index in [-0.39, 0.29) is 18.3 Å². The number of carboxylic acids is 1. The quantitative estimate of drug-likeness (QED) is 0.369. The van der Waals surface area contributed by atoms with Gasteiger partial charge in [-0.25, -0.2) is 9.59 Å². The summed E-state index contributed by atoms with van der Waals surface area (Å²) >= 11 is 0. The van der Waals surface area contributed by atoms with Gasteiger partial charge in [0, 0.05) is 19.3 Å². The summed E-state index contributed by atoms with van der Waals surface area (Å²) in [4.78, 5) is 40.0. The molecular weight excluding hydrogens is 557 g/mol. The average molecular weight is 595 g/mol. The molecule has 0 spiro atoms. The molecule has 42 heavy (non-hydrogen) atoms. The number of aliphatic carboxylic acids is 1. The van der Waals surface area contributed by atoms with Gasteiger partial charge in [-0.2, -0.15) is 0 Å². The molecule has 0 fully saturated rings. The van der Waals surface area contributed by atoms with Crippen molar-refractivity contribution in [1.82, 2.24) is 4.90 Å². The first-order valence-electron chi connectivity index (χ1n) is 13.5. The van der Waals surface area contributed by atoms with Gasteiger partial charge in [0.1, 0.15) is 29.7 Å². The lowest BCUT2D eigenvalue weighted by molar-refractivity contribution is -0.274. The van der Waals surface area contributed by atoms with E-state index in [2.05, 4.69) is 4.74 Å². The number of carbonyl (C=O) groups excluding carboxylic acids is 2. The minimum atomic E-state index is -4.79. The summed E-state index contributed by atoms with van der Waals surface area (Å²) in [5.41, 5.74) is 2.84. The van der Waals surface area contributed by atoms with Gasteiger partial charge in [0.25, 0.3) is 0 Å². The van der Waals surface area contributed by atoms with Crippen LogP contribution in [0.25, 0.3) is 0 Å². The van der Waals surface area contributed by atoms with Gasteiger partial charge in [-0.15, -0.1) is 13.2 Å². The Morgan fingerprint density at radius 2 is 1.76 bits per heavy atom. The van der Waals surface area contributed by atoms with Gasteiger partial charge in [0.05, 0.1) is 6.42 Å². The van der Waals surface area contributed by atoms with E-state index in [0.29, 0.717) is 35.5 Å². The smallest absolute Gasteiger partial charge is 0.489 e. The molecular formula is C30H37F3N2O7. The van der Waals surface area contributed by atoms with Crippen LogP contribution in [0.5, 0.6) is 11.5 Å². The van der Waals surface area contributed by atoms with Crippen molar-refractivity contribution < 1.29 is 46.9 Å². The minimum Gasteiger partial charge on any atom is -0.489 e. The van der Waals surface area contributed by atoms with Crippen LogP contribution in [-0.2, 0) is 27.4 Å². The van der Waals surface area contributed by atoms with Crippen molar-refractivity contribution in [3.63, 3.8) is 0 Å². The van der Waals surface area contributed by atoms with Crippen LogP contribution in [0, 0.1) is 6.92 Å². The molecule has 0 saturated carbocycles. The highest BCUT2D eigenvalue weighted by Crippen LogP contribution is 2.37. The molecule has 0 bridgehead atoms. The van der Waals surface area contributed by atoms with Crippen LogP contribution >= 0.6 is 0 Å². The molecule has 3 rings (SSSR count). The standard InChI is InChI=1S/C30H37F3N2O7/c1-17(2)22-14-20(41-30(31,32)33)9-8-19(22)16-40-25-11-10-23-21(18(25)3)12-13-35(23)26(36)15-24(27(37)38)34(7)28(39)42-29(4,5)6/h8-11,14,17,24H,12-13,15-16H2,1-7H3,(H,37,38)/t24-/m1/s1. The van der Waals surface area contributed by atoms with E-state index < -0.39 is 42.4 Å². The van der Waals surface area contributed by atoms with Crippen molar-refractivity contribution in [1.29, 1.82) is 0 Å². The molecule has 0 saturated heterocycles. The van der Waals surface area contributed by atoms with E-state index in [1.807, 2.05) is 20.8 Å². The van der Waals surface area contributed by atoms with Crippen molar-refractivity contribution in [3.8, 4) is 11.5 Å². The second-order valence-corrected chi connectivity index (χ2v) is 11.5. The van der Waals surface area contributed by atoms with Crippen LogP contribution < -0.4 is 14.4 Å². The summed E-state index contributed by atoms with van der Waals surface area (Å²) in [7, 11) is 1.29. The Balaban J connectivity index is 1.75. The van der Waals surface area contributed by atoms with Gasteiger partial charge < -0.3 is 24.2 Å². The molecule has 0 radical (unpaired) electrons. The average Bonchev–Trinajstić information content (AvgIpc) is 3.29. The van der Waals surface area contributed by atoms with Gasteiger partial charge in [-0.3, -0.25) is 9.69 Å². The molecule has 2 aromatic rings. The minimum absolute atomic E-state index is 0.0786. The number of halogens is 3. The summed E-state index contributed by atoms with van der Waals surface area (Å²) in [6, 6.07) is 6.18. The number of anilines is 1. The second kappa shape index (κ2) is 12.5. The molecule has 230 valence electrons. The summed E-state index contributed by atoms with van der Waals surface area (Å²) in [6.07, 6.45) is -5.55. The molecule has 1 atom stereocenters. The van der Waals surface area contributed by atoms with E-state index in [4.69, 9.17) is 9.47 Å². The third-order valence-corrected chi connectivity index (χ3v) is 6.86. The van der Waals surface area contributed by atoms with Crippen LogP contribution in [0.4, 0.5) is 23.7 Å². The predicted molar refractivity (Wildman–Crippen MR) is 149 cm³/mol. The lowest BCUT2D eigenvalue weighted by Gasteiger charge is -2.29. The van der Waals surface area contributed by atoms with Gasteiger partial charge in [-0.05, 0) is 86.6 Å². The Hall–Kier alpha value is -3.96. The third-order valence-electron chi connectivity index (χ3n) is 6.86. The molecule has 12 heteroatoms. The van der Waals surface area contributed by atoms with Crippen molar-refractivity contribution in [3.05, 3.63) is 52.6 Å². The van der Waals surface area contributed by atoms with E-state index in [9.17, 15) is 32.7 Å². The second-order valence-electron chi connectivity index (χ2n) is 11.5. The zero-order valence-electron chi connectivity index (χ0n) is 24.8.